The lowest BCUT2D eigenvalue weighted by atomic mass is 10.0. The first-order valence-corrected chi connectivity index (χ1v) is 7.85. The summed E-state index contributed by atoms with van der Waals surface area (Å²) in [5, 5.41) is 0. The molecule has 0 aliphatic heterocycles. The third kappa shape index (κ3) is 5.15. The molecular formula is C19H25FN4. The fraction of sp³-hybridized carbons (Fsp3) is 0.316. The van der Waals surface area contributed by atoms with Gasteiger partial charge >= 0.3 is 0 Å². The van der Waals surface area contributed by atoms with Gasteiger partial charge in [-0.25, -0.2) is 9.37 Å². The zero-order valence-electron chi connectivity index (χ0n) is 14.8. The van der Waals surface area contributed by atoms with Crippen LogP contribution in [0.25, 0.3) is 11.6 Å². The van der Waals surface area contributed by atoms with Crippen molar-refractivity contribution in [3.8, 4) is 0 Å². The summed E-state index contributed by atoms with van der Waals surface area (Å²) in [6.07, 6.45) is 3.18. The molecule has 0 fully saturated rings. The third-order valence-corrected chi connectivity index (χ3v) is 3.54. The van der Waals surface area contributed by atoms with Gasteiger partial charge in [-0.2, -0.15) is 0 Å². The van der Waals surface area contributed by atoms with E-state index in [1.807, 2.05) is 39.2 Å². The Bertz CT molecular complexity index is 706. The molecule has 0 bridgehead atoms. The first-order valence-electron chi connectivity index (χ1n) is 7.85. The zero-order valence-corrected chi connectivity index (χ0v) is 14.8. The Morgan fingerprint density at radius 3 is 2.38 bits per heavy atom. The van der Waals surface area contributed by atoms with E-state index < -0.39 is 0 Å². The highest BCUT2D eigenvalue weighted by Gasteiger charge is 2.10. The van der Waals surface area contributed by atoms with Crippen molar-refractivity contribution in [1.82, 2.24) is 14.8 Å². The maximum absolute atomic E-state index is 13.6. The molecule has 2 N–H and O–H groups in total. The van der Waals surface area contributed by atoms with Gasteiger partial charge in [0.25, 0.3) is 0 Å². The van der Waals surface area contributed by atoms with Crippen LogP contribution < -0.4 is 5.73 Å². The number of nitrogen functional groups attached to an aromatic ring is 1. The van der Waals surface area contributed by atoms with Gasteiger partial charge in [0.2, 0.25) is 0 Å². The summed E-state index contributed by atoms with van der Waals surface area (Å²) in [6, 6.07) is 9.78. The molecule has 24 heavy (non-hydrogen) atoms. The zero-order chi connectivity index (χ0) is 17.7. The largest absolute Gasteiger partial charge is 0.383 e. The van der Waals surface area contributed by atoms with Crippen LogP contribution in [0.5, 0.6) is 0 Å². The number of halogens is 1. The molecule has 0 saturated heterocycles. The highest BCUT2D eigenvalue weighted by molar-refractivity contribution is 5.86. The van der Waals surface area contributed by atoms with Crippen LogP contribution in [0.4, 0.5) is 10.2 Å². The standard InChI is InChI=1S/C19H25FN4/c1-23(2)12-15-7-5-14(6-8-15)9-16(13-24(3)4)18-10-17(20)11-22-19(18)21/h5-11H,12-13H2,1-4H3,(H2,21,22)/b16-9+. The number of pyridine rings is 1. The summed E-state index contributed by atoms with van der Waals surface area (Å²) in [6.45, 7) is 1.55. The van der Waals surface area contributed by atoms with E-state index in [0.717, 1.165) is 23.9 Å². The van der Waals surface area contributed by atoms with Gasteiger partial charge in [-0.05, 0) is 57.0 Å². The summed E-state index contributed by atoms with van der Waals surface area (Å²) < 4.78 is 13.6. The van der Waals surface area contributed by atoms with Crippen molar-refractivity contribution in [2.45, 2.75) is 6.54 Å². The van der Waals surface area contributed by atoms with E-state index in [0.29, 0.717) is 17.9 Å². The lowest BCUT2D eigenvalue weighted by Crippen LogP contribution is -2.15. The molecular weight excluding hydrogens is 303 g/mol. The van der Waals surface area contributed by atoms with Crippen LogP contribution in [0.3, 0.4) is 0 Å². The number of benzene rings is 1. The fourth-order valence-corrected chi connectivity index (χ4v) is 2.54. The number of hydrogen-bond acceptors (Lipinski definition) is 4. The molecule has 4 nitrogen and oxygen atoms in total. The van der Waals surface area contributed by atoms with Crippen LogP contribution in [0, 0.1) is 5.82 Å². The van der Waals surface area contributed by atoms with Crippen LogP contribution >= 0.6 is 0 Å². The molecule has 0 saturated carbocycles. The van der Waals surface area contributed by atoms with Crippen LogP contribution in [0.15, 0.2) is 36.5 Å². The van der Waals surface area contributed by atoms with Crippen molar-refractivity contribution in [2.75, 3.05) is 40.5 Å². The highest BCUT2D eigenvalue weighted by atomic mass is 19.1. The molecule has 0 atom stereocenters. The van der Waals surface area contributed by atoms with E-state index in [1.165, 1.54) is 11.6 Å². The molecule has 0 amide bonds. The van der Waals surface area contributed by atoms with Crippen molar-refractivity contribution in [2.24, 2.45) is 0 Å². The molecule has 2 rings (SSSR count). The predicted molar refractivity (Wildman–Crippen MR) is 98.9 cm³/mol. The number of anilines is 1. The SMILES string of the molecule is CN(C)C/C(=C\c1ccc(CN(C)C)cc1)c1cc(F)cnc1N. The second-order valence-electron chi connectivity index (χ2n) is 6.47. The fourth-order valence-electron chi connectivity index (χ4n) is 2.54. The maximum Gasteiger partial charge on any atom is 0.142 e. The topological polar surface area (TPSA) is 45.4 Å². The number of rotatable bonds is 6. The molecule has 1 heterocycles. The number of aromatic nitrogens is 1. The first kappa shape index (κ1) is 18.1. The van der Waals surface area contributed by atoms with Crippen LogP contribution in [-0.4, -0.2) is 49.5 Å². The van der Waals surface area contributed by atoms with Crippen molar-refractivity contribution < 1.29 is 4.39 Å². The van der Waals surface area contributed by atoms with Crippen molar-refractivity contribution in [1.29, 1.82) is 0 Å². The Morgan fingerprint density at radius 1 is 1.12 bits per heavy atom. The van der Waals surface area contributed by atoms with Crippen molar-refractivity contribution in [3.05, 3.63) is 59.0 Å². The van der Waals surface area contributed by atoms with Crippen LogP contribution in [-0.2, 0) is 6.54 Å². The summed E-state index contributed by atoms with van der Waals surface area (Å²) in [4.78, 5) is 8.08. The van der Waals surface area contributed by atoms with Gasteiger partial charge in [0.1, 0.15) is 11.6 Å². The summed E-state index contributed by atoms with van der Waals surface area (Å²) in [5.41, 5.74) is 9.83. The summed E-state index contributed by atoms with van der Waals surface area (Å²) >= 11 is 0. The van der Waals surface area contributed by atoms with E-state index in [1.54, 1.807) is 0 Å². The monoisotopic (exact) mass is 328 g/mol. The Morgan fingerprint density at radius 2 is 1.79 bits per heavy atom. The minimum atomic E-state index is -0.384. The molecule has 1 aromatic carbocycles. The van der Waals surface area contributed by atoms with Gasteiger partial charge in [0.15, 0.2) is 0 Å². The van der Waals surface area contributed by atoms with Gasteiger partial charge in [0.05, 0.1) is 6.20 Å². The Kier molecular flexibility index (Phi) is 6.06. The Hall–Kier alpha value is -2.24. The number of likely N-dealkylation sites (N-methyl/N-ethyl adjacent to an activating group) is 1. The summed E-state index contributed by atoms with van der Waals surface area (Å²) in [7, 11) is 8.03. The molecule has 5 heteroatoms. The molecule has 2 aromatic rings. The highest BCUT2D eigenvalue weighted by Crippen LogP contribution is 2.24. The lowest BCUT2D eigenvalue weighted by molar-refractivity contribution is 0.402. The number of nitrogens with two attached hydrogens (primary N) is 1. The molecule has 0 spiro atoms. The Balaban J connectivity index is 2.36. The molecule has 0 radical (unpaired) electrons. The first-order chi connectivity index (χ1) is 11.3. The number of nitrogens with zero attached hydrogens (tertiary/aromatic N) is 3. The second-order valence-corrected chi connectivity index (χ2v) is 6.47. The average Bonchev–Trinajstić information content (AvgIpc) is 2.50. The molecule has 1 aromatic heterocycles. The smallest absolute Gasteiger partial charge is 0.142 e. The quantitative estimate of drug-likeness (QED) is 0.885. The third-order valence-electron chi connectivity index (χ3n) is 3.54. The van der Waals surface area contributed by atoms with Gasteiger partial charge in [-0.15, -0.1) is 0 Å². The predicted octanol–water partition coefficient (Wildman–Crippen LogP) is 2.97. The summed E-state index contributed by atoms with van der Waals surface area (Å²) in [5.74, 6) is -0.0427. The molecule has 0 unspecified atom stereocenters. The second kappa shape index (κ2) is 8.04. The van der Waals surface area contributed by atoms with E-state index in [2.05, 4.69) is 34.1 Å². The normalized spacial score (nSPS) is 12.2. The van der Waals surface area contributed by atoms with Crippen LogP contribution in [0.2, 0.25) is 0 Å². The number of hydrogen-bond donors (Lipinski definition) is 1. The van der Waals surface area contributed by atoms with Gasteiger partial charge in [-0.3, -0.25) is 0 Å². The van der Waals surface area contributed by atoms with Crippen molar-refractivity contribution >= 4 is 17.5 Å². The minimum absolute atomic E-state index is 0.341. The Labute approximate surface area is 143 Å². The van der Waals surface area contributed by atoms with Gasteiger partial charge in [-0.1, -0.05) is 24.3 Å². The average molecular weight is 328 g/mol. The van der Waals surface area contributed by atoms with E-state index >= 15 is 0 Å². The van der Waals surface area contributed by atoms with Gasteiger partial charge in [0, 0.05) is 18.7 Å². The van der Waals surface area contributed by atoms with E-state index in [-0.39, 0.29) is 5.82 Å². The van der Waals surface area contributed by atoms with Crippen LogP contribution in [0.1, 0.15) is 16.7 Å². The molecule has 0 aliphatic carbocycles. The molecule has 0 aliphatic rings. The van der Waals surface area contributed by atoms with Gasteiger partial charge < -0.3 is 15.5 Å². The van der Waals surface area contributed by atoms with Crippen molar-refractivity contribution in [3.63, 3.8) is 0 Å². The van der Waals surface area contributed by atoms with E-state index in [9.17, 15) is 4.39 Å². The molecule has 128 valence electrons. The lowest BCUT2D eigenvalue weighted by Gasteiger charge is -2.16. The maximum atomic E-state index is 13.6. The van der Waals surface area contributed by atoms with E-state index in [4.69, 9.17) is 5.73 Å². The minimum Gasteiger partial charge on any atom is -0.383 e.